The Morgan fingerprint density at radius 2 is 1.49 bits per heavy atom. The fourth-order valence-corrected chi connectivity index (χ4v) is 12.3. The second kappa shape index (κ2) is 19.4. The lowest BCUT2D eigenvalue weighted by atomic mass is 9.98. The van der Waals surface area contributed by atoms with Crippen LogP contribution in [0.2, 0.25) is 18.1 Å². The molecule has 5 aliphatic heterocycles. The smallest absolute Gasteiger partial charge is 0.407 e. The van der Waals surface area contributed by atoms with E-state index in [1.54, 1.807) is 62.4 Å². The predicted octanol–water partition coefficient (Wildman–Crippen LogP) is 3.42. The van der Waals surface area contributed by atoms with Gasteiger partial charge in [0.15, 0.2) is 38.5 Å². The molecule has 0 aromatic carbocycles. The molecule has 5 fully saturated rings. The topological polar surface area (TPSA) is 226 Å². The number of carbonyl (C=O) groups is 3. The molecule has 21 heteroatoms. The van der Waals surface area contributed by atoms with Gasteiger partial charge in [-0.3, -0.25) is 19.1 Å². The van der Waals surface area contributed by atoms with E-state index < -0.39 is 134 Å². The first-order valence-corrected chi connectivity index (χ1v) is 25.7. The SMILES string of the molecule is CCC1(CC)O[C@H]2[C@H](O[C@H]([C@H]3O[C@@H](n4ccc(=O)[nH]c4=O)[C@@H]4OC(C)(C)O[C@H]34)[C@@H]3NC[C@H](O[Si](CC)(CC)CC)[C@@H](C(=O)OC(C)(C)C)N(C)C3=O)O[C@H](CNC(=O)OC(C)(C)C)[C@H]2O1. The Morgan fingerprint density at radius 3 is 2.08 bits per heavy atom. The van der Waals surface area contributed by atoms with Crippen LogP contribution < -0.4 is 21.9 Å². The lowest BCUT2D eigenvalue weighted by Crippen LogP contribution is -2.60. The first-order chi connectivity index (χ1) is 30.3. The van der Waals surface area contributed by atoms with Crippen molar-refractivity contribution >= 4 is 26.3 Å². The molecule has 6 rings (SSSR count). The van der Waals surface area contributed by atoms with Crippen LogP contribution in [0.25, 0.3) is 0 Å². The summed E-state index contributed by atoms with van der Waals surface area (Å²) in [6.45, 7) is 24.2. The molecule has 0 spiro atoms. The van der Waals surface area contributed by atoms with E-state index in [1.807, 2.05) is 13.8 Å². The molecule has 3 N–H and O–H groups in total. The number of rotatable bonds is 15. The average molecular weight is 940 g/mol. The van der Waals surface area contributed by atoms with Gasteiger partial charge in [0.1, 0.15) is 60.0 Å². The van der Waals surface area contributed by atoms with Crippen molar-refractivity contribution in [3.63, 3.8) is 0 Å². The monoisotopic (exact) mass is 939 g/mol. The Bertz CT molecular complexity index is 1970. The molecular formula is C44H73N5O15Si. The van der Waals surface area contributed by atoms with Gasteiger partial charge in [0.2, 0.25) is 5.91 Å². The molecule has 1 aromatic heterocycles. The number of hydrogen-bond donors (Lipinski definition) is 3. The van der Waals surface area contributed by atoms with Crippen molar-refractivity contribution in [1.29, 1.82) is 0 Å². The zero-order valence-electron chi connectivity index (χ0n) is 40.6. The summed E-state index contributed by atoms with van der Waals surface area (Å²) in [5, 5.41) is 6.22. The molecule has 1 aromatic rings. The number of hydrogen-bond acceptors (Lipinski definition) is 16. The van der Waals surface area contributed by atoms with E-state index in [2.05, 4.69) is 36.4 Å². The summed E-state index contributed by atoms with van der Waals surface area (Å²) >= 11 is 0. The van der Waals surface area contributed by atoms with Crippen molar-refractivity contribution in [3.8, 4) is 0 Å². The minimum atomic E-state index is -2.42. The van der Waals surface area contributed by atoms with Gasteiger partial charge in [0.05, 0.1) is 6.10 Å². The number of nitrogens with one attached hydrogen (secondary N) is 3. The van der Waals surface area contributed by atoms with E-state index >= 15 is 4.79 Å². The molecule has 0 bridgehead atoms. The van der Waals surface area contributed by atoms with Gasteiger partial charge < -0.3 is 62.6 Å². The van der Waals surface area contributed by atoms with E-state index in [0.717, 1.165) is 18.1 Å². The molecule has 6 heterocycles. The molecular weight excluding hydrogens is 867 g/mol. The van der Waals surface area contributed by atoms with Crippen LogP contribution in [-0.2, 0) is 56.6 Å². The van der Waals surface area contributed by atoms with Crippen molar-refractivity contribution in [2.75, 3.05) is 20.1 Å². The summed E-state index contributed by atoms with van der Waals surface area (Å²) in [7, 11) is -0.874. The number of aromatic nitrogens is 2. The highest BCUT2D eigenvalue weighted by Crippen LogP contribution is 2.47. The van der Waals surface area contributed by atoms with Gasteiger partial charge in [-0.15, -0.1) is 0 Å². The second-order valence-corrected chi connectivity index (χ2v) is 24.8. The summed E-state index contributed by atoms with van der Waals surface area (Å²) in [5.74, 6) is -3.36. The molecule has 5 saturated heterocycles. The van der Waals surface area contributed by atoms with Gasteiger partial charge in [-0.05, 0) is 86.4 Å². The summed E-state index contributed by atoms with van der Waals surface area (Å²) in [6.07, 6.45) is -8.30. The highest BCUT2D eigenvalue weighted by molar-refractivity contribution is 6.73. The molecule has 0 radical (unpaired) electrons. The maximum absolute atomic E-state index is 15.3. The first kappa shape index (κ1) is 51.1. The zero-order chi connectivity index (χ0) is 48.0. The van der Waals surface area contributed by atoms with Crippen LogP contribution in [0, 0.1) is 0 Å². The Labute approximate surface area is 382 Å². The summed E-state index contributed by atoms with van der Waals surface area (Å²) in [5.41, 5.74) is -2.98. The number of esters is 1. The van der Waals surface area contributed by atoms with Crippen LogP contribution in [0.5, 0.6) is 0 Å². The van der Waals surface area contributed by atoms with Gasteiger partial charge in [0.25, 0.3) is 5.56 Å². The number of alkyl carbamates (subject to hydrolysis) is 1. The number of fused-ring (bicyclic) bond motifs is 2. The maximum atomic E-state index is 15.3. The van der Waals surface area contributed by atoms with Crippen molar-refractivity contribution in [2.24, 2.45) is 0 Å². The molecule has 65 heavy (non-hydrogen) atoms. The highest BCUT2D eigenvalue weighted by atomic mass is 28.4. The summed E-state index contributed by atoms with van der Waals surface area (Å²) in [4.78, 5) is 71.7. The third kappa shape index (κ3) is 11.0. The van der Waals surface area contributed by atoms with E-state index in [9.17, 15) is 19.2 Å². The standard InChI is InChI=1S/C44H73N5O15Si/c1-15-44(16-2)60-29-25(23-46-40(54)63-42(9,10)11)55-38(34(29)61-44)57-30(31-32-33(59-43(12,13)58-32)36(56-31)49-21-20-26(50)47-39(49)53)27-35(51)48(14)28(37(52)62-41(6,7)8)24(22-45-27)64-65(17-3,18-4)19-5/h20-21,24-25,27-34,36,38,45H,15-19,22-23H2,1-14H3,(H,46,54)(H,47,50,53)/t24-,25+,27-,28-,29+,30-,31+,32+,33+,34+,36+,38-/m0/s1. The predicted molar refractivity (Wildman–Crippen MR) is 236 cm³/mol. The van der Waals surface area contributed by atoms with Crippen LogP contribution in [0.15, 0.2) is 21.9 Å². The quantitative estimate of drug-likeness (QED) is 0.169. The first-order valence-electron chi connectivity index (χ1n) is 23.2. The minimum absolute atomic E-state index is 0.0279. The second-order valence-electron chi connectivity index (χ2n) is 20.1. The molecule has 0 unspecified atom stereocenters. The van der Waals surface area contributed by atoms with Crippen molar-refractivity contribution in [3.05, 3.63) is 33.1 Å². The van der Waals surface area contributed by atoms with Gasteiger partial charge in [-0.25, -0.2) is 14.4 Å². The number of aromatic amines is 1. The molecule has 0 saturated carbocycles. The van der Waals surface area contributed by atoms with E-state index in [-0.39, 0.29) is 13.1 Å². The third-order valence-corrected chi connectivity index (χ3v) is 17.6. The number of ether oxygens (including phenoxy) is 9. The maximum Gasteiger partial charge on any atom is 0.407 e. The van der Waals surface area contributed by atoms with Crippen molar-refractivity contribution < 1.29 is 61.4 Å². The number of likely N-dealkylation sites (N-methyl/N-ethyl adjacent to an activating group) is 1. The Hall–Kier alpha value is -3.25. The zero-order valence-corrected chi connectivity index (χ0v) is 41.6. The van der Waals surface area contributed by atoms with Crippen LogP contribution in [0.1, 0.15) is 109 Å². The fraction of sp³-hybridized carbons (Fsp3) is 0.841. The van der Waals surface area contributed by atoms with E-state index in [1.165, 1.54) is 21.7 Å². The number of H-pyrrole nitrogens is 1. The Kier molecular flexibility index (Phi) is 15.3. The Morgan fingerprint density at radius 1 is 0.877 bits per heavy atom. The summed E-state index contributed by atoms with van der Waals surface area (Å²) in [6, 6.07) is 1.13. The van der Waals surface area contributed by atoms with Gasteiger partial charge in [-0.1, -0.05) is 34.6 Å². The van der Waals surface area contributed by atoms with Crippen LogP contribution in [0.4, 0.5) is 4.79 Å². The lowest BCUT2D eigenvalue weighted by Gasteiger charge is -2.38. The minimum Gasteiger partial charge on any atom is -0.458 e. The number of amides is 2. The number of carbonyl (C=O) groups excluding carboxylic acids is 3. The van der Waals surface area contributed by atoms with Crippen molar-refractivity contribution in [1.82, 2.24) is 25.1 Å². The molecule has 5 aliphatic rings. The highest BCUT2D eigenvalue weighted by Gasteiger charge is 2.64. The fourth-order valence-electron chi connectivity index (χ4n) is 9.47. The molecule has 12 atom stereocenters. The normalized spacial score (nSPS) is 32.7. The van der Waals surface area contributed by atoms with Gasteiger partial charge in [0, 0.05) is 32.4 Å². The lowest BCUT2D eigenvalue weighted by molar-refractivity contribution is -0.275. The van der Waals surface area contributed by atoms with Gasteiger partial charge >= 0.3 is 17.8 Å². The van der Waals surface area contributed by atoms with Crippen LogP contribution >= 0.6 is 0 Å². The molecule has 20 nitrogen and oxygen atoms in total. The summed E-state index contributed by atoms with van der Waals surface area (Å²) < 4.78 is 66.4. The molecule has 0 aliphatic carbocycles. The molecule has 2 amide bonds. The average Bonchev–Trinajstić information content (AvgIpc) is 3.92. The van der Waals surface area contributed by atoms with Gasteiger partial charge in [-0.2, -0.15) is 0 Å². The number of nitrogens with zero attached hydrogens (tertiary/aromatic N) is 2. The molecule has 368 valence electrons. The van der Waals surface area contributed by atoms with Crippen LogP contribution in [-0.4, -0.2) is 151 Å². The largest absolute Gasteiger partial charge is 0.458 e. The van der Waals surface area contributed by atoms with E-state index in [4.69, 9.17) is 47.1 Å². The third-order valence-electron chi connectivity index (χ3n) is 12.9. The van der Waals surface area contributed by atoms with Crippen molar-refractivity contribution in [2.45, 2.75) is 217 Å². The van der Waals surface area contributed by atoms with Crippen LogP contribution in [0.3, 0.4) is 0 Å². The Balaban J connectivity index is 1.44. The van der Waals surface area contributed by atoms with E-state index in [0.29, 0.717) is 12.8 Å².